The third-order valence-corrected chi connectivity index (χ3v) is 4.76. The maximum Gasteiger partial charge on any atom is 0.491 e. The van der Waals surface area contributed by atoms with E-state index < -0.39 is 35.6 Å². The Bertz CT molecular complexity index is 736. The Labute approximate surface area is 152 Å². The lowest BCUT2D eigenvalue weighted by Crippen LogP contribution is -2.41. The normalized spacial score (nSPS) is 19.5. The van der Waals surface area contributed by atoms with E-state index in [4.69, 9.17) is 14.6 Å². The average molecular weight is 366 g/mol. The first-order chi connectivity index (χ1) is 11.9. The molecule has 1 heterocycles. The highest BCUT2D eigenvalue weighted by Gasteiger charge is 2.52. The van der Waals surface area contributed by atoms with Crippen LogP contribution in [0.15, 0.2) is 23.7 Å². The lowest BCUT2D eigenvalue weighted by molar-refractivity contribution is -0.137. The van der Waals surface area contributed by atoms with Crippen molar-refractivity contribution in [3.63, 3.8) is 0 Å². The van der Waals surface area contributed by atoms with Gasteiger partial charge in [-0.15, -0.1) is 0 Å². The highest BCUT2D eigenvalue weighted by Crippen LogP contribution is 2.39. The Balaban J connectivity index is 2.43. The van der Waals surface area contributed by atoms with Gasteiger partial charge in [-0.3, -0.25) is 0 Å². The van der Waals surface area contributed by atoms with Crippen molar-refractivity contribution in [1.29, 1.82) is 5.26 Å². The fourth-order valence-corrected chi connectivity index (χ4v) is 2.60. The number of alkyl halides is 3. The third-order valence-electron chi connectivity index (χ3n) is 4.76. The first kappa shape index (κ1) is 20.5. The van der Waals surface area contributed by atoms with E-state index in [1.165, 1.54) is 12.1 Å². The van der Waals surface area contributed by atoms with E-state index in [-0.39, 0.29) is 0 Å². The molecule has 0 radical (unpaired) electrons. The number of nitrogens with one attached hydrogen (secondary N) is 1. The van der Waals surface area contributed by atoms with E-state index in [1.807, 2.05) is 27.7 Å². The lowest BCUT2D eigenvalue weighted by Gasteiger charge is -2.32. The Hall–Kier alpha value is -1.82. The van der Waals surface area contributed by atoms with Crippen LogP contribution in [0, 0.1) is 11.3 Å². The SMILES string of the molecule is CNCC(=Cc1ccc(C#N)c(C(F)(F)F)c1)B1OC(C)(C)C(C)(C)O1. The summed E-state index contributed by atoms with van der Waals surface area (Å²) in [4.78, 5) is 0. The summed E-state index contributed by atoms with van der Waals surface area (Å²) in [5, 5.41) is 11.9. The summed E-state index contributed by atoms with van der Waals surface area (Å²) in [7, 11) is 1.07. The number of nitriles is 1. The molecule has 0 spiro atoms. The molecule has 1 aromatic rings. The topological polar surface area (TPSA) is 54.3 Å². The fraction of sp³-hybridized carbons (Fsp3) is 0.500. The van der Waals surface area contributed by atoms with Crippen molar-refractivity contribution in [3.8, 4) is 6.07 Å². The van der Waals surface area contributed by atoms with E-state index in [0.29, 0.717) is 17.6 Å². The highest BCUT2D eigenvalue weighted by molar-refractivity contribution is 6.55. The van der Waals surface area contributed by atoms with Crippen LogP contribution in [0.2, 0.25) is 0 Å². The van der Waals surface area contributed by atoms with E-state index in [9.17, 15) is 13.2 Å². The summed E-state index contributed by atoms with van der Waals surface area (Å²) in [5.41, 5.74) is -1.45. The molecular formula is C18H22BF3N2O2. The molecule has 0 saturated carbocycles. The molecule has 0 aliphatic carbocycles. The molecule has 4 nitrogen and oxygen atoms in total. The second-order valence-electron chi connectivity index (χ2n) is 7.25. The molecule has 1 aliphatic heterocycles. The number of halogens is 3. The van der Waals surface area contributed by atoms with Gasteiger partial charge in [0.25, 0.3) is 0 Å². The van der Waals surface area contributed by atoms with Gasteiger partial charge in [0, 0.05) is 6.54 Å². The molecule has 26 heavy (non-hydrogen) atoms. The van der Waals surface area contributed by atoms with Gasteiger partial charge >= 0.3 is 13.3 Å². The van der Waals surface area contributed by atoms with Crippen molar-refractivity contribution in [3.05, 3.63) is 40.4 Å². The highest BCUT2D eigenvalue weighted by atomic mass is 19.4. The summed E-state index contributed by atoms with van der Waals surface area (Å²) < 4.78 is 51.5. The molecule has 1 aliphatic rings. The molecule has 1 fully saturated rings. The zero-order chi connectivity index (χ0) is 19.8. The Morgan fingerprint density at radius 2 is 1.81 bits per heavy atom. The van der Waals surface area contributed by atoms with Crippen molar-refractivity contribution in [2.75, 3.05) is 13.6 Å². The zero-order valence-corrected chi connectivity index (χ0v) is 15.5. The Morgan fingerprint density at radius 1 is 1.23 bits per heavy atom. The third kappa shape index (κ3) is 4.12. The second-order valence-corrected chi connectivity index (χ2v) is 7.25. The van der Waals surface area contributed by atoms with Gasteiger partial charge in [0.1, 0.15) is 0 Å². The molecule has 1 saturated heterocycles. The summed E-state index contributed by atoms with van der Waals surface area (Å²) in [6, 6.07) is 5.21. The van der Waals surface area contributed by atoms with Gasteiger partial charge in [-0.2, -0.15) is 18.4 Å². The summed E-state index contributed by atoms with van der Waals surface area (Å²) in [6.45, 7) is 8.03. The van der Waals surface area contributed by atoms with Crippen LogP contribution in [0.3, 0.4) is 0 Å². The summed E-state index contributed by atoms with van der Waals surface area (Å²) in [5.74, 6) is 0. The number of benzene rings is 1. The van der Waals surface area contributed by atoms with Crippen molar-refractivity contribution in [2.45, 2.75) is 45.1 Å². The first-order valence-corrected chi connectivity index (χ1v) is 8.23. The van der Waals surface area contributed by atoms with Gasteiger partial charge in [0.2, 0.25) is 0 Å². The number of likely N-dealkylation sites (N-methyl/N-ethyl adjacent to an activating group) is 1. The first-order valence-electron chi connectivity index (χ1n) is 8.23. The van der Waals surface area contributed by atoms with Crippen molar-refractivity contribution in [2.24, 2.45) is 0 Å². The number of hydrogen-bond acceptors (Lipinski definition) is 4. The maximum absolute atomic E-state index is 13.2. The quantitative estimate of drug-likeness (QED) is 0.824. The lowest BCUT2D eigenvalue weighted by atomic mass is 9.77. The average Bonchev–Trinajstić information content (AvgIpc) is 2.74. The van der Waals surface area contributed by atoms with Crippen LogP contribution < -0.4 is 5.32 Å². The minimum atomic E-state index is -4.59. The van der Waals surface area contributed by atoms with Crippen LogP contribution in [0.5, 0.6) is 0 Å². The number of nitrogens with zero attached hydrogens (tertiary/aromatic N) is 1. The standard InChI is InChI=1S/C18H22BF3N2O2/c1-16(2)17(3,4)26-19(25-16)14(11-24-5)8-12-6-7-13(10-23)15(9-12)18(20,21)22/h6-9,24H,11H2,1-5H3. The van der Waals surface area contributed by atoms with Crippen molar-refractivity contribution in [1.82, 2.24) is 5.32 Å². The van der Waals surface area contributed by atoms with Crippen LogP contribution in [0.1, 0.15) is 44.4 Å². The molecule has 2 rings (SSSR count). The van der Waals surface area contributed by atoms with E-state index in [2.05, 4.69) is 5.32 Å². The molecule has 0 bridgehead atoms. The van der Waals surface area contributed by atoms with Gasteiger partial charge in [-0.05, 0) is 57.9 Å². The molecule has 1 aromatic carbocycles. The van der Waals surface area contributed by atoms with Gasteiger partial charge in [0.15, 0.2) is 0 Å². The second kappa shape index (κ2) is 7.07. The molecule has 1 N–H and O–H groups in total. The minimum absolute atomic E-state index is 0.330. The predicted molar refractivity (Wildman–Crippen MR) is 94.1 cm³/mol. The molecule has 140 valence electrons. The van der Waals surface area contributed by atoms with Crippen molar-refractivity contribution >= 4 is 13.2 Å². The van der Waals surface area contributed by atoms with Crippen LogP contribution in [-0.2, 0) is 15.5 Å². The summed E-state index contributed by atoms with van der Waals surface area (Å²) in [6.07, 6.45) is -2.99. The minimum Gasteiger partial charge on any atom is -0.400 e. The molecule has 0 amide bonds. The molecule has 0 aromatic heterocycles. The fourth-order valence-electron chi connectivity index (χ4n) is 2.60. The van der Waals surface area contributed by atoms with Gasteiger partial charge in [0.05, 0.1) is 28.4 Å². The zero-order valence-electron chi connectivity index (χ0n) is 15.5. The van der Waals surface area contributed by atoms with Crippen molar-refractivity contribution < 1.29 is 22.5 Å². The Kier molecular flexibility index (Phi) is 5.57. The molecule has 0 unspecified atom stereocenters. The molecule has 0 atom stereocenters. The molecular weight excluding hydrogens is 344 g/mol. The smallest absolute Gasteiger partial charge is 0.400 e. The van der Waals surface area contributed by atoms with Gasteiger partial charge < -0.3 is 14.6 Å². The van der Waals surface area contributed by atoms with E-state index >= 15 is 0 Å². The maximum atomic E-state index is 13.2. The van der Waals surface area contributed by atoms with E-state index in [0.717, 1.165) is 6.07 Å². The molecule has 8 heteroatoms. The van der Waals surface area contributed by atoms with Crippen LogP contribution in [-0.4, -0.2) is 31.9 Å². The van der Waals surface area contributed by atoms with Crippen LogP contribution >= 0.6 is 0 Å². The largest absolute Gasteiger partial charge is 0.491 e. The summed E-state index contributed by atoms with van der Waals surface area (Å²) >= 11 is 0. The predicted octanol–water partition coefficient (Wildman–Crippen LogP) is 3.81. The van der Waals surface area contributed by atoms with Crippen LogP contribution in [0.4, 0.5) is 13.2 Å². The number of rotatable bonds is 4. The van der Waals surface area contributed by atoms with E-state index in [1.54, 1.807) is 19.2 Å². The monoisotopic (exact) mass is 366 g/mol. The Morgan fingerprint density at radius 3 is 2.27 bits per heavy atom. The van der Waals surface area contributed by atoms with Gasteiger partial charge in [-0.25, -0.2) is 0 Å². The number of hydrogen-bond donors (Lipinski definition) is 1. The van der Waals surface area contributed by atoms with Gasteiger partial charge in [-0.1, -0.05) is 12.1 Å². The van der Waals surface area contributed by atoms with Crippen LogP contribution in [0.25, 0.3) is 6.08 Å².